The average Bonchev–Trinajstić information content (AvgIpc) is 2.74. The number of rotatable bonds is 5. The fourth-order valence-corrected chi connectivity index (χ4v) is 3.80. The van der Waals surface area contributed by atoms with E-state index in [0.29, 0.717) is 5.56 Å². The number of nitrogens with one attached hydrogen (secondary N) is 2. The first kappa shape index (κ1) is 22.6. The van der Waals surface area contributed by atoms with Crippen LogP contribution in [0, 0.1) is 12.4 Å². The predicted molar refractivity (Wildman–Crippen MR) is 116 cm³/mol. The van der Waals surface area contributed by atoms with E-state index in [2.05, 4.69) is 15.1 Å². The lowest BCUT2D eigenvalue weighted by molar-refractivity contribution is 0.256. The first-order chi connectivity index (χ1) is 15.1. The van der Waals surface area contributed by atoms with Crippen LogP contribution in [0.15, 0.2) is 64.5 Å². The summed E-state index contributed by atoms with van der Waals surface area (Å²) >= 11 is 0. The van der Waals surface area contributed by atoms with Crippen molar-refractivity contribution in [2.45, 2.75) is 24.8 Å². The zero-order valence-electron chi connectivity index (χ0n) is 17.0. The fraction of sp³-hybridized carbons (Fsp3) is 0.143. The Hall–Kier alpha value is -4.04. The minimum Gasteiger partial charge on any atom is -0.361 e. The largest absolute Gasteiger partial charge is 0.361 e. The Morgan fingerprint density at radius 2 is 1.94 bits per heavy atom. The molecule has 0 unspecified atom stereocenters. The lowest BCUT2D eigenvalue weighted by Gasteiger charge is -2.14. The molecule has 9 nitrogen and oxygen atoms in total. The second-order valence-electron chi connectivity index (χ2n) is 6.97. The molecule has 11 heteroatoms. The number of aromatic nitrogens is 2. The van der Waals surface area contributed by atoms with Gasteiger partial charge in [0, 0.05) is 23.9 Å². The number of hydrogen-bond acceptors (Lipinski definition) is 5. The molecule has 2 N–H and O–H groups in total. The molecule has 2 aromatic heterocycles. The average molecular weight is 455 g/mol. The van der Waals surface area contributed by atoms with Crippen molar-refractivity contribution in [2.24, 2.45) is 0 Å². The standard InChI is InChI=1S/C21H18FN5O4S/c1-13(2)27-12-16(5-7-20(27)28)32(30,31)26-21(29)25-18-6-4-15(22)11-17(18)14-8-9-24-19(10-14)23-3/h4-13H,1-2H3,(H2,25,26,29). The molecule has 164 valence electrons. The van der Waals surface area contributed by atoms with E-state index in [1.807, 2.05) is 4.72 Å². The van der Waals surface area contributed by atoms with Crippen molar-refractivity contribution in [1.29, 1.82) is 0 Å². The quantitative estimate of drug-likeness (QED) is 0.570. The number of amides is 2. The van der Waals surface area contributed by atoms with Crippen molar-refractivity contribution in [3.8, 4) is 11.1 Å². The van der Waals surface area contributed by atoms with Crippen LogP contribution in [0.2, 0.25) is 0 Å². The Morgan fingerprint density at radius 1 is 1.19 bits per heavy atom. The third kappa shape index (κ3) is 4.98. The van der Waals surface area contributed by atoms with E-state index in [4.69, 9.17) is 6.57 Å². The zero-order chi connectivity index (χ0) is 23.5. The zero-order valence-corrected chi connectivity index (χ0v) is 17.9. The van der Waals surface area contributed by atoms with Crippen LogP contribution in [0.4, 0.5) is 20.7 Å². The Kier molecular flexibility index (Phi) is 6.36. The molecule has 0 radical (unpaired) electrons. The van der Waals surface area contributed by atoms with Crippen molar-refractivity contribution in [1.82, 2.24) is 14.3 Å². The van der Waals surface area contributed by atoms with Gasteiger partial charge in [-0.15, -0.1) is 4.98 Å². The van der Waals surface area contributed by atoms with Crippen LogP contribution in [0.1, 0.15) is 19.9 Å². The molecule has 0 aliphatic carbocycles. The van der Waals surface area contributed by atoms with Crippen LogP contribution in [0.3, 0.4) is 0 Å². The summed E-state index contributed by atoms with van der Waals surface area (Å²) < 4.78 is 42.2. The van der Waals surface area contributed by atoms with Gasteiger partial charge in [0.1, 0.15) is 16.9 Å². The highest BCUT2D eigenvalue weighted by Crippen LogP contribution is 2.30. The van der Waals surface area contributed by atoms with Gasteiger partial charge in [0.2, 0.25) is 0 Å². The molecule has 0 spiro atoms. The predicted octanol–water partition coefficient (Wildman–Crippen LogP) is 3.69. The third-order valence-corrected chi connectivity index (χ3v) is 5.72. The van der Waals surface area contributed by atoms with Gasteiger partial charge in [-0.1, -0.05) is 6.57 Å². The molecule has 2 heterocycles. The van der Waals surface area contributed by atoms with Gasteiger partial charge in [0.25, 0.3) is 21.4 Å². The maximum Gasteiger partial charge on any atom is 0.333 e. The minimum atomic E-state index is -4.29. The van der Waals surface area contributed by atoms with Crippen LogP contribution in [0.25, 0.3) is 16.0 Å². The van der Waals surface area contributed by atoms with Crippen LogP contribution in [-0.4, -0.2) is 24.0 Å². The third-order valence-electron chi connectivity index (χ3n) is 4.41. The van der Waals surface area contributed by atoms with Crippen LogP contribution >= 0.6 is 0 Å². The summed E-state index contributed by atoms with van der Waals surface area (Å²) in [6.07, 6.45) is 2.51. The molecule has 0 saturated heterocycles. The topological polar surface area (TPSA) is 115 Å². The number of anilines is 1. The number of urea groups is 1. The maximum absolute atomic E-state index is 13.9. The van der Waals surface area contributed by atoms with Crippen LogP contribution < -0.4 is 15.6 Å². The lowest BCUT2D eigenvalue weighted by atomic mass is 10.0. The molecule has 2 amide bonds. The fourth-order valence-electron chi connectivity index (χ4n) is 2.89. The summed E-state index contributed by atoms with van der Waals surface area (Å²) in [6.45, 7) is 10.5. The van der Waals surface area contributed by atoms with Gasteiger partial charge in [-0.3, -0.25) is 4.79 Å². The smallest absolute Gasteiger partial charge is 0.333 e. The molecular weight excluding hydrogens is 437 g/mol. The van der Waals surface area contributed by atoms with Gasteiger partial charge in [0.15, 0.2) is 0 Å². The van der Waals surface area contributed by atoms with Gasteiger partial charge in [0.05, 0.1) is 5.69 Å². The second kappa shape index (κ2) is 8.99. The van der Waals surface area contributed by atoms with E-state index in [1.165, 1.54) is 29.0 Å². The Bertz CT molecular complexity index is 1390. The Morgan fingerprint density at radius 3 is 2.62 bits per heavy atom. The van der Waals surface area contributed by atoms with Crippen molar-refractivity contribution in [3.63, 3.8) is 0 Å². The maximum atomic E-state index is 13.9. The summed E-state index contributed by atoms with van der Waals surface area (Å²) in [4.78, 5) is 31.1. The van der Waals surface area contributed by atoms with Crippen LogP contribution in [0.5, 0.6) is 0 Å². The number of hydrogen-bond donors (Lipinski definition) is 2. The van der Waals surface area contributed by atoms with E-state index in [9.17, 15) is 22.4 Å². The highest BCUT2D eigenvalue weighted by molar-refractivity contribution is 7.90. The van der Waals surface area contributed by atoms with Gasteiger partial charge in [-0.05, 0) is 55.8 Å². The van der Waals surface area contributed by atoms with E-state index >= 15 is 0 Å². The second-order valence-corrected chi connectivity index (χ2v) is 8.65. The molecule has 0 fully saturated rings. The molecule has 0 aliphatic heterocycles. The molecule has 1 aromatic carbocycles. The van der Waals surface area contributed by atoms with Crippen molar-refractivity contribution in [2.75, 3.05) is 5.32 Å². The van der Waals surface area contributed by atoms with Gasteiger partial charge >= 0.3 is 6.03 Å². The molecule has 0 atom stereocenters. The number of carbonyl (C=O) groups is 1. The number of carbonyl (C=O) groups excluding carboxylic acids is 1. The van der Waals surface area contributed by atoms with Gasteiger partial charge < -0.3 is 14.7 Å². The van der Waals surface area contributed by atoms with E-state index in [-0.39, 0.29) is 33.6 Å². The minimum absolute atomic E-state index is 0.0741. The highest BCUT2D eigenvalue weighted by Gasteiger charge is 2.20. The van der Waals surface area contributed by atoms with E-state index < -0.39 is 21.9 Å². The molecule has 0 aliphatic rings. The van der Waals surface area contributed by atoms with E-state index in [1.54, 1.807) is 13.8 Å². The highest BCUT2D eigenvalue weighted by atomic mass is 32.2. The van der Waals surface area contributed by atoms with Gasteiger partial charge in [-0.25, -0.2) is 22.3 Å². The van der Waals surface area contributed by atoms with Crippen LogP contribution in [-0.2, 0) is 10.0 Å². The molecule has 32 heavy (non-hydrogen) atoms. The van der Waals surface area contributed by atoms with Gasteiger partial charge in [-0.2, -0.15) is 0 Å². The number of benzene rings is 1. The lowest BCUT2D eigenvalue weighted by Crippen LogP contribution is -2.35. The van der Waals surface area contributed by atoms with Crippen molar-refractivity contribution in [3.05, 3.63) is 82.4 Å². The molecule has 3 rings (SSSR count). The number of nitrogens with zero attached hydrogens (tertiary/aromatic N) is 3. The number of pyridine rings is 2. The molecular formula is C21H18FN5O4S. The summed E-state index contributed by atoms with van der Waals surface area (Å²) in [5.41, 5.74) is 0.384. The van der Waals surface area contributed by atoms with E-state index in [0.717, 1.165) is 30.5 Å². The number of sulfonamides is 1. The monoisotopic (exact) mass is 455 g/mol. The first-order valence-corrected chi connectivity index (χ1v) is 10.8. The Labute approximate surface area is 183 Å². The SMILES string of the molecule is [C-]#[N+]c1cc(-c2cc(F)ccc2NC(=O)NS(=O)(=O)c2ccc(=O)n(C(C)C)c2)ccn1. The number of halogens is 1. The first-order valence-electron chi connectivity index (χ1n) is 9.30. The summed E-state index contributed by atoms with van der Waals surface area (Å²) in [7, 11) is -4.29. The van der Waals surface area contributed by atoms with Crippen molar-refractivity contribution < 1.29 is 17.6 Å². The molecule has 0 saturated carbocycles. The summed E-state index contributed by atoms with van der Waals surface area (Å²) in [6, 6.07) is 7.29. The summed E-state index contributed by atoms with van der Waals surface area (Å²) in [5.74, 6) is -0.513. The molecule has 0 bridgehead atoms. The Balaban J connectivity index is 1.89. The molecule has 3 aromatic rings. The summed E-state index contributed by atoms with van der Waals surface area (Å²) in [5, 5.41) is 2.39. The normalized spacial score (nSPS) is 11.1. The van der Waals surface area contributed by atoms with Crippen molar-refractivity contribution >= 4 is 27.6 Å².